The van der Waals surface area contributed by atoms with Gasteiger partial charge in [-0.2, -0.15) is 4.72 Å². The topological polar surface area (TPSA) is 75.3 Å². The summed E-state index contributed by atoms with van der Waals surface area (Å²) in [6, 6.07) is 21.5. The average molecular weight is 407 g/mol. The second-order valence-electron chi connectivity index (χ2n) is 7.34. The first-order chi connectivity index (χ1) is 13.8. The minimum absolute atomic E-state index is 0.121. The number of nitrogens with one attached hydrogen (secondary N) is 2. The molecule has 4 rings (SSSR count). The molecule has 0 saturated heterocycles. The van der Waals surface area contributed by atoms with Crippen LogP contribution < -0.4 is 10.0 Å². The lowest BCUT2D eigenvalue weighted by Gasteiger charge is -2.20. The van der Waals surface area contributed by atoms with E-state index in [0.29, 0.717) is 11.3 Å². The molecule has 0 unspecified atom stereocenters. The molecule has 0 aromatic heterocycles. The van der Waals surface area contributed by atoms with Gasteiger partial charge < -0.3 is 5.32 Å². The number of amides is 1. The molecule has 1 amide bonds. The fourth-order valence-electron chi connectivity index (χ4n) is 3.52. The van der Waals surface area contributed by atoms with Crippen molar-refractivity contribution >= 4 is 21.6 Å². The van der Waals surface area contributed by atoms with E-state index in [4.69, 9.17) is 0 Å². The fourth-order valence-corrected chi connectivity index (χ4v) is 4.77. The van der Waals surface area contributed by atoms with Gasteiger partial charge in [0.2, 0.25) is 15.9 Å². The van der Waals surface area contributed by atoms with Crippen LogP contribution in [0, 0.1) is 6.92 Å². The first-order valence-corrected chi connectivity index (χ1v) is 10.9. The Morgan fingerprint density at radius 2 is 1.59 bits per heavy atom. The Bertz CT molecular complexity index is 1160. The number of hydrogen-bond acceptors (Lipinski definition) is 3. The van der Waals surface area contributed by atoms with Gasteiger partial charge in [0, 0.05) is 5.69 Å². The Balaban J connectivity index is 1.72. The third-order valence-corrected chi connectivity index (χ3v) is 6.69. The molecule has 1 heterocycles. The molecule has 1 aliphatic rings. The Hall–Kier alpha value is -2.96. The maximum absolute atomic E-state index is 13.2. The zero-order valence-electron chi connectivity index (χ0n) is 16.2. The molecule has 0 saturated carbocycles. The average Bonchev–Trinajstić information content (AvgIpc) is 3.01. The van der Waals surface area contributed by atoms with E-state index < -0.39 is 16.1 Å². The van der Waals surface area contributed by atoms with Crippen molar-refractivity contribution in [2.45, 2.75) is 30.7 Å². The maximum atomic E-state index is 13.2. The lowest BCUT2D eigenvalue weighted by Crippen LogP contribution is -2.29. The molecule has 3 aromatic carbocycles. The number of carbonyl (C=O) groups is 1. The first kappa shape index (κ1) is 19.4. The highest BCUT2D eigenvalue weighted by molar-refractivity contribution is 7.89. The summed E-state index contributed by atoms with van der Waals surface area (Å²) in [6.07, 6.45) is 0. The van der Waals surface area contributed by atoms with Crippen molar-refractivity contribution < 1.29 is 13.2 Å². The van der Waals surface area contributed by atoms with Crippen LogP contribution >= 0.6 is 0 Å². The lowest BCUT2D eigenvalue weighted by atomic mass is 9.99. The molecule has 6 heteroatoms. The molecular weight excluding hydrogens is 384 g/mol. The van der Waals surface area contributed by atoms with E-state index in [-0.39, 0.29) is 16.7 Å². The number of rotatable bonds is 5. The second-order valence-corrected chi connectivity index (χ2v) is 9.05. The summed E-state index contributed by atoms with van der Waals surface area (Å²) >= 11 is 0. The summed E-state index contributed by atoms with van der Waals surface area (Å²) < 4.78 is 29.3. The molecular formula is C23H22N2O3S. The standard InChI is InChI=1S/C23H22N2O3S/c1-15-8-10-18(11-9-15)22(17-6-4-3-5-7-17)25-29(27,28)19-12-13-21-20(14-19)16(2)23(26)24-21/h3-14,16,22,25H,1-2H3,(H,24,26)/t16-,22+/m0/s1. The van der Waals surface area contributed by atoms with Crippen molar-refractivity contribution in [3.8, 4) is 0 Å². The van der Waals surface area contributed by atoms with E-state index in [1.807, 2.05) is 61.5 Å². The molecule has 1 aliphatic heterocycles. The van der Waals surface area contributed by atoms with Crippen molar-refractivity contribution in [1.29, 1.82) is 0 Å². The largest absolute Gasteiger partial charge is 0.325 e. The highest BCUT2D eigenvalue weighted by Gasteiger charge is 2.29. The number of carbonyl (C=O) groups excluding carboxylic acids is 1. The molecule has 2 N–H and O–H groups in total. The number of aryl methyl sites for hydroxylation is 1. The van der Waals surface area contributed by atoms with E-state index in [1.54, 1.807) is 19.1 Å². The maximum Gasteiger partial charge on any atom is 0.241 e. The van der Waals surface area contributed by atoms with Gasteiger partial charge in [-0.15, -0.1) is 0 Å². The van der Waals surface area contributed by atoms with Gasteiger partial charge in [0.1, 0.15) is 0 Å². The fraction of sp³-hybridized carbons (Fsp3) is 0.174. The second kappa shape index (κ2) is 7.46. The van der Waals surface area contributed by atoms with Crippen LogP contribution in [0.2, 0.25) is 0 Å². The highest BCUT2D eigenvalue weighted by atomic mass is 32.2. The molecule has 5 nitrogen and oxygen atoms in total. The molecule has 148 valence electrons. The number of fused-ring (bicyclic) bond motifs is 1. The number of benzene rings is 3. The van der Waals surface area contributed by atoms with E-state index in [9.17, 15) is 13.2 Å². The Labute approximate surface area is 170 Å². The molecule has 0 radical (unpaired) electrons. The van der Waals surface area contributed by atoms with Gasteiger partial charge in [0.25, 0.3) is 0 Å². The SMILES string of the molecule is Cc1ccc([C@H](NS(=O)(=O)c2ccc3c(c2)[C@H](C)C(=O)N3)c2ccccc2)cc1. The van der Waals surface area contributed by atoms with Gasteiger partial charge in [-0.3, -0.25) is 4.79 Å². The van der Waals surface area contributed by atoms with Crippen molar-refractivity contribution in [3.63, 3.8) is 0 Å². The van der Waals surface area contributed by atoms with Gasteiger partial charge in [-0.05, 0) is 48.7 Å². The van der Waals surface area contributed by atoms with Crippen LogP contribution in [0.5, 0.6) is 0 Å². The summed E-state index contributed by atoms with van der Waals surface area (Å²) in [4.78, 5) is 12.0. The predicted octanol–water partition coefficient (Wildman–Crippen LogP) is 4.12. The van der Waals surface area contributed by atoms with Crippen LogP contribution in [-0.4, -0.2) is 14.3 Å². The summed E-state index contributed by atoms with van der Waals surface area (Å²) in [7, 11) is -3.82. The van der Waals surface area contributed by atoms with Gasteiger partial charge >= 0.3 is 0 Å². The van der Waals surface area contributed by atoms with Crippen molar-refractivity contribution in [2.24, 2.45) is 0 Å². The van der Waals surface area contributed by atoms with Crippen LogP contribution in [0.1, 0.15) is 41.1 Å². The summed E-state index contributed by atoms with van der Waals surface area (Å²) in [5, 5.41) is 2.77. The number of anilines is 1. The molecule has 29 heavy (non-hydrogen) atoms. The number of hydrogen-bond donors (Lipinski definition) is 2. The molecule has 0 bridgehead atoms. The molecule has 0 spiro atoms. The third kappa shape index (κ3) is 3.81. The molecule has 0 aliphatic carbocycles. The van der Waals surface area contributed by atoms with E-state index in [0.717, 1.165) is 16.7 Å². The van der Waals surface area contributed by atoms with Crippen molar-refractivity contribution in [1.82, 2.24) is 4.72 Å². The quantitative estimate of drug-likeness (QED) is 0.669. The van der Waals surface area contributed by atoms with Crippen LogP contribution in [0.15, 0.2) is 77.7 Å². The van der Waals surface area contributed by atoms with E-state index in [2.05, 4.69) is 10.0 Å². The molecule has 0 fully saturated rings. The first-order valence-electron chi connectivity index (χ1n) is 9.44. The van der Waals surface area contributed by atoms with Crippen LogP contribution in [0.4, 0.5) is 5.69 Å². The third-order valence-electron chi connectivity index (χ3n) is 5.27. The predicted molar refractivity (Wildman–Crippen MR) is 113 cm³/mol. The summed E-state index contributed by atoms with van der Waals surface area (Å²) in [5.74, 6) is -0.494. The Morgan fingerprint density at radius 3 is 2.28 bits per heavy atom. The summed E-state index contributed by atoms with van der Waals surface area (Å²) in [5.41, 5.74) is 4.18. The van der Waals surface area contributed by atoms with Gasteiger partial charge in [-0.1, -0.05) is 60.2 Å². The lowest BCUT2D eigenvalue weighted by molar-refractivity contribution is -0.116. The van der Waals surface area contributed by atoms with E-state index >= 15 is 0 Å². The smallest absolute Gasteiger partial charge is 0.241 e. The normalized spacial score (nSPS) is 16.9. The van der Waals surface area contributed by atoms with Gasteiger partial charge in [-0.25, -0.2) is 8.42 Å². The monoisotopic (exact) mass is 406 g/mol. The Kier molecular flexibility index (Phi) is 4.98. The minimum Gasteiger partial charge on any atom is -0.325 e. The summed E-state index contributed by atoms with van der Waals surface area (Å²) in [6.45, 7) is 3.76. The molecule has 2 atom stereocenters. The zero-order valence-corrected chi connectivity index (χ0v) is 17.0. The Morgan fingerprint density at radius 1 is 0.931 bits per heavy atom. The van der Waals surface area contributed by atoms with Crippen LogP contribution in [0.3, 0.4) is 0 Å². The van der Waals surface area contributed by atoms with Crippen molar-refractivity contribution in [2.75, 3.05) is 5.32 Å². The van der Waals surface area contributed by atoms with E-state index in [1.165, 1.54) is 6.07 Å². The van der Waals surface area contributed by atoms with Crippen LogP contribution in [-0.2, 0) is 14.8 Å². The molecule has 3 aromatic rings. The van der Waals surface area contributed by atoms with Crippen LogP contribution in [0.25, 0.3) is 0 Å². The van der Waals surface area contributed by atoms with Gasteiger partial charge in [0.05, 0.1) is 16.9 Å². The highest BCUT2D eigenvalue weighted by Crippen LogP contribution is 2.34. The van der Waals surface area contributed by atoms with Gasteiger partial charge in [0.15, 0.2) is 0 Å². The number of sulfonamides is 1. The zero-order chi connectivity index (χ0) is 20.6. The van der Waals surface area contributed by atoms with Crippen molar-refractivity contribution in [3.05, 3.63) is 95.1 Å². The minimum atomic E-state index is -3.82.